The summed E-state index contributed by atoms with van der Waals surface area (Å²) in [7, 11) is 1.32. The Morgan fingerprint density at radius 2 is 1.87 bits per heavy atom. The van der Waals surface area contributed by atoms with Crippen molar-refractivity contribution in [2.24, 2.45) is 17.8 Å². The van der Waals surface area contributed by atoms with E-state index in [1.807, 2.05) is 24.3 Å². The van der Waals surface area contributed by atoms with E-state index in [1.165, 1.54) is 36.7 Å². The van der Waals surface area contributed by atoms with Crippen LogP contribution in [-0.2, 0) is 25.7 Å². The highest BCUT2D eigenvalue weighted by atomic mass is 16.2. The van der Waals surface area contributed by atoms with Crippen LogP contribution < -0.4 is 26.8 Å². The van der Waals surface area contributed by atoms with Crippen LogP contribution in [0.25, 0.3) is 10.9 Å². The van der Waals surface area contributed by atoms with Crippen molar-refractivity contribution in [2.75, 3.05) is 12.4 Å². The van der Waals surface area contributed by atoms with E-state index in [0.29, 0.717) is 11.8 Å². The van der Waals surface area contributed by atoms with Gasteiger partial charge >= 0.3 is 0 Å². The van der Waals surface area contributed by atoms with Gasteiger partial charge in [0.1, 0.15) is 24.0 Å². The number of carbonyl (C=O) groups excluding carboxylic acids is 5. The van der Waals surface area contributed by atoms with Gasteiger partial charge in [0.25, 0.3) is 17.4 Å². The largest absolute Gasteiger partial charge is 0.353 e. The zero-order chi connectivity index (χ0) is 32.8. The van der Waals surface area contributed by atoms with Crippen LogP contribution in [0.4, 0.5) is 5.69 Å². The number of nitrogens with one attached hydrogen (secondary N) is 5. The lowest BCUT2D eigenvalue weighted by Gasteiger charge is -2.45. The highest BCUT2D eigenvalue weighted by Crippen LogP contribution is 2.43. The predicted molar refractivity (Wildman–Crippen MR) is 184 cm³/mol. The maximum atomic E-state index is 13.4. The number of likely N-dealkylation sites (N-methyl/N-ethyl adjacent to an activating group) is 1. The summed E-state index contributed by atoms with van der Waals surface area (Å²) in [6.45, 7) is 1.96. The van der Waals surface area contributed by atoms with E-state index in [1.54, 1.807) is 12.1 Å². The maximum absolute atomic E-state index is 13.4. The molecule has 1 aromatic carbocycles. The number of anilines is 1. The summed E-state index contributed by atoms with van der Waals surface area (Å²) < 4.78 is 1.24. The summed E-state index contributed by atoms with van der Waals surface area (Å²) in [5.41, 5.74) is 0.272. The average molecular weight is 641 g/mol. The van der Waals surface area contributed by atoms with Crippen LogP contribution in [0.3, 0.4) is 0 Å². The van der Waals surface area contributed by atoms with Gasteiger partial charge in [-0.15, -0.1) is 0 Å². The first-order valence-electron chi connectivity index (χ1n) is 16.1. The van der Waals surface area contributed by atoms with Gasteiger partial charge in [-0.2, -0.15) is 0 Å². The number of benzene rings is 1. The number of ketones is 1. The Kier molecular flexibility index (Phi) is 10.3. The van der Waals surface area contributed by atoms with Crippen molar-refractivity contribution in [2.45, 2.75) is 76.9 Å². The molecule has 2 saturated carbocycles. The van der Waals surface area contributed by atoms with Gasteiger partial charge in [0.2, 0.25) is 17.6 Å². The minimum atomic E-state index is -1.25. The van der Waals surface area contributed by atoms with Crippen molar-refractivity contribution >= 4 is 46.0 Å². The normalized spacial score (nSPS) is 21.2. The summed E-state index contributed by atoms with van der Waals surface area (Å²) in [5.74, 6) is -1.55. The minimum absolute atomic E-state index is 0. The third kappa shape index (κ3) is 7.55. The molecule has 0 radical (unpaired) electrons. The molecule has 254 valence electrons. The topological polar surface area (TPSA) is 171 Å². The molecule has 2 aliphatic carbocycles. The molecule has 3 aromatic rings. The van der Waals surface area contributed by atoms with Crippen LogP contribution in [0.15, 0.2) is 53.5 Å². The fraction of sp³-hybridized carbons (Fsp3) is 0.471. The Bertz CT molecular complexity index is 1670. The molecular formula is C34H52N6O6. The van der Waals surface area contributed by atoms with E-state index in [9.17, 15) is 28.8 Å². The minimum Gasteiger partial charge on any atom is -0.353 e. The van der Waals surface area contributed by atoms with Gasteiger partial charge in [0.15, 0.2) is 0 Å². The number of H-pyrrole nitrogens is 1. The molecule has 0 saturated heterocycles. The Morgan fingerprint density at radius 3 is 2.63 bits per heavy atom. The smallest absolute Gasteiger partial charge is 0.287 e. The van der Waals surface area contributed by atoms with Gasteiger partial charge in [-0.3, -0.25) is 28.8 Å². The average Bonchev–Trinajstić information content (AvgIpc) is 3.50. The van der Waals surface area contributed by atoms with Gasteiger partial charge in [-0.05, 0) is 67.7 Å². The van der Waals surface area contributed by atoms with Crippen LogP contribution in [-0.4, -0.2) is 58.1 Å². The third-order valence-electron chi connectivity index (χ3n) is 9.46. The van der Waals surface area contributed by atoms with Crippen molar-refractivity contribution in [3.8, 4) is 0 Å². The van der Waals surface area contributed by atoms with Crippen LogP contribution in [0.5, 0.6) is 0 Å². The molecule has 0 spiro atoms. The Hall–Kier alpha value is -4.74. The van der Waals surface area contributed by atoms with Crippen LogP contribution in [0, 0.1) is 17.8 Å². The first-order chi connectivity index (χ1) is 22.2. The second-order valence-electron chi connectivity index (χ2n) is 12.5. The molecule has 2 bridgehead atoms. The highest BCUT2D eigenvalue weighted by molar-refractivity contribution is 6.36. The second kappa shape index (κ2) is 14.6. The standard InChI is InChI=1S/C34H42N6O6.5H2/c1-3-21-16-20-8-6-10-23(17-20)30(21)39-29(42)19-40-15-7-12-26(34(40)46)38-31(43)25(13-14-28(41)33(45)35-2)37-32(44)27-18-22-9-4-5-11-24(22)36-27;;;;;/h4-5,7,9,11-12,15,18,20-21,23,25,30,36H,3,6,8,10,13-14,16-17,19H2,1-2H3,(H,35,45)(H,37,44)(H,38,43)(H,39,42);5*1H/t20?,21?,23?,25-,30?;;;;;/m0...../s1. The monoisotopic (exact) mass is 640 g/mol. The summed E-state index contributed by atoms with van der Waals surface area (Å²) in [4.78, 5) is 80.1. The van der Waals surface area contributed by atoms with Crippen molar-refractivity contribution < 1.29 is 31.1 Å². The lowest BCUT2D eigenvalue weighted by atomic mass is 9.64. The van der Waals surface area contributed by atoms with E-state index in [2.05, 4.69) is 33.2 Å². The maximum Gasteiger partial charge on any atom is 0.287 e. The Labute approximate surface area is 274 Å². The summed E-state index contributed by atoms with van der Waals surface area (Å²) in [6, 6.07) is 10.7. The summed E-state index contributed by atoms with van der Waals surface area (Å²) in [6.07, 6.45) is 7.78. The molecule has 5 rings (SSSR count). The number of fused-ring (bicyclic) bond motifs is 3. The van der Waals surface area contributed by atoms with Gasteiger partial charge in [0.05, 0.1) is 0 Å². The molecule has 4 amide bonds. The van der Waals surface area contributed by atoms with Gasteiger partial charge < -0.3 is 30.8 Å². The molecule has 2 aromatic heterocycles. The number of aromatic nitrogens is 2. The van der Waals surface area contributed by atoms with Crippen molar-refractivity contribution in [3.63, 3.8) is 0 Å². The second-order valence-corrected chi connectivity index (χ2v) is 12.5. The number of pyridine rings is 1. The number of rotatable bonds is 12. The van der Waals surface area contributed by atoms with Crippen LogP contribution in [0.2, 0.25) is 0 Å². The van der Waals surface area contributed by atoms with Gasteiger partial charge in [0, 0.05) is 43.7 Å². The first kappa shape index (κ1) is 32.6. The third-order valence-corrected chi connectivity index (χ3v) is 9.46. The van der Waals surface area contributed by atoms with E-state index < -0.39 is 35.1 Å². The highest BCUT2D eigenvalue weighted by Gasteiger charge is 2.39. The molecule has 46 heavy (non-hydrogen) atoms. The van der Waals surface area contributed by atoms with Crippen molar-refractivity contribution in [1.82, 2.24) is 25.5 Å². The van der Waals surface area contributed by atoms with Gasteiger partial charge in [-0.25, -0.2) is 0 Å². The number of para-hydroxylation sites is 1. The number of hydrogen-bond acceptors (Lipinski definition) is 6. The number of aromatic amines is 1. The molecule has 2 fully saturated rings. The number of carbonyl (C=O) groups is 5. The molecule has 2 heterocycles. The molecule has 0 aliphatic heterocycles. The van der Waals surface area contributed by atoms with E-state index in [0.717, 1.165) is 42.5 Å². The molecule has 4 unspecified atom stereocenters. The molecule has 2 aliphatic rings. The number of Topliss-reactive ketones (excluding diaryl/α,β-unsaturated/α-hetero) is 1. The van der Waals surface area contributed by atoms with Crippen LogP contribution >= 0.6 is 0 Å². The molecule has 12 heteroatoms. The van der Waals surface area contributed by atoms with E-state index in [-0.39, 0.29) is 49.8 Å². The van der Waals surface area contributed by atoms with Crippen LogP contribution in [0.1, 0.15) is 75.9 Å². The van der Waals surface area contributed by atoms with E-state index >= 15 is 0 Å². The molecule has 5 N–H and O–H groups in total. The summed E-state index contributed by atoms with van der Waals surface area (Å²) in [5, 5.41) is 11.5. The number of amides is 4. The molecular weight excluding hydrogens is 588 g/mol. The lowest BCUT2D eigenvalue weighted by molar-refractivity contribution is -0.137. The zero-order valence-corrected chi connectivity index (χ0v) is 26.3. The number of hydrogen-bond donors (Lipinski definition) is 5. The SMILES string of the molecule is CCC1CC2CCCC(C2)C1NC(=O)Cn1cccc(NC(=O)[C@H](CCC(=O)C(=O)NC)NC(=O)c2cc3ccccc3[nH]2)c1=O.[HH].[HH].[HH].[HH].[HH]. The lowest BCUT2D eigenvalue weighted by Crippen LogP contribution is -2.51. The predicted octanol–water partition coefficient (Wildman–Crippen LogP) is 4.11. The fourth-order valence-electron chi connectivity index (χ4n) is 7.08. The molecule has 5 atom stereocenters. The first-order valence-corrected chi connectivity index (χ1v) is 16.1. The van der Waals surface area contributed by atoms with Crippen molar-refractivity contribution in [1.29, 1.82) is 0 Å². The zero-order valence-electron chi connectivity index (χ0n) is 26.3. The van der Waals surface area contributed by atoms with Crippen molar-refractivity contribution in [3.05, 3.63) is 64.7 Å². The molecule has 12 nitrogen and oxygen atoms in total. The van der Waals surface area contributed by atoms with E-state index in [4.69, 9.17) is 0 Å². The Morgan fingerprint density at radius 1 is 1.07 bits per heavy atom. The fourth-order valence-corrected chi connectivity index (χ4v) is 7.08. The Balaban J connectivity index is 0.00000500. The quantitative estimate of drug-likeness (QED) is 0.187. The summed E-state index contributed by atoms with van der Waals surface area (Å²) >= 11 is 0. The van der Waals surface area contributed by atoms with Gasteiger partial charge in [-0.1, -0.05) is 44.4 Å². The number of nitrogens with zero attached hydrogens (tertiary/aromatic N) is 1.